The molecular formula is C29H35FN4O4. The lowest BCUT2D eigenvalue weighted by Crippen LogP contribution is -2.56. The molecule has 0 saturated carbocycles. The number of hydrogen-bond acceptors (Lipinski definition) is 6. The fourth-order valence-corrected chi connectivity index (χ4v) is 5.12. The van der Waals surface area contributed by atoms with Crippen molar-refractivity contribution < 1.29 is 33.1 Å². The highest BCUT2D eigenvalue weighted by Gasteiger charge is 2.40. The molecule has 9 heteroatoms. The fourth-order valence-electron chi connectivity index (χ4n) is 5.12. The minimum absolute atomic E-state index is 0.0313. The van der Waals surface area contributed by atoms with Gasteiger partial charge in [-0.15, -0.1) is 0 Å². The lowest BCUT2D eigenvalue weighted by molar-refractivity contribution is -0.182. The lowest BCUT2D eigenvalue weighted by atomic mass is 9.98. The Morgan fingerprint density at radius 1 is 1.18 bits per heavy atom. The van der Waals surface area contributed by atoms with Gasteiger partial charge >= 0.3 is 0 Å². The number of hydrogen-bond donors (Lipinski definition) is 2. The molecule has 5 rings (SSSR count). The van der Waals surface area contributed by atoms with Crippen molar-refractivity contribution in [3.63, 3.8) is 0 Å². The van der Waals surface area contributed by atoms with Crippen LogP contribution < -0.4 is 10.6 Å². The summed E-state index contributed by atoms with van der Waals surface area (Å²) in [4.78, 5) is 39.8. The van der Waals surface area contributed by atoms with E-state index in [1.54, 1.807) is 4.90 Å². The van der Waals surface area contributed by atoms with Gasteiger partial charge in [0, 0.05) is 64.1 Å². The second kappa shape index (κ2) is 9.78. The van der Waals surface area contributed by atoms with Crippen molar-refractivity contribution in [3.05, 3.63) is 64.5 Å². The molecule has 8 nitrogen and oxygen atoms in total. The van der Waals surface area contributed by atoms with Gasteiger partial charge in [-0.1, -0.05) is 18.2 Å². The van der Waals surface area contributed by atoms with Gasteiger partial charge in [-0.3, -0.25) is 24.6 Å². The number of halogens is 1. The molecule has 38 heavy (non-hydrogen) atoms. The third-order valence-corrected chi connectivity index (χ3v) is 6.38. The van der Waals surface area contributed by atoms with E-state index in [1.807, 2.05) is 33.0 Å². The van der Waals surface area contributed by atoms with Crippen molar-refractivity contribution in [2.75, 3.05) is 18.4 Å². The van der Waals surface area contributed by atoms with Crippen molar-refractivity contribution in [1.29, 1.82) is 0 Å². The first-order valence-electron chi connectivity index (χ1n) is 15.9. The number of ether oxygens (including phenoxy) is 1. The Kier molecular flexibility index (Phi) is 4.86. The number of nitrogens with zero attached hydrogens (tertiary/aromatic N) is 2. The van der Waals surface area contributed by atoms with E-state index in [4.69, 9.17) is 14.3 Å². The Hall–Kier alpha value is -3.30. The van der Waals surface area contributed by atoms with E-state index in [1.165, 1.54) is 24.3 Å². The fraction of sp³-hybridized carbons (Fsp3) is 0.483. The molecule has 0 aromatic heterocycles. The normalized spacial score (nSPS) is 29.6. The molecule has 2 aromatic carbocycles. The monoisotopic (exact) mass is 529 g/mol. The number of rotatable bonds is 6. The third-order valence-electron chi connectivity index (χ3n) is 6.38. The van der Waals surface area contributed by atoms with Gasteiger partial charge in [0.15, 0.2) is 0 Å². The summed E-state index contributed by atoms with van der Waals surface area (Å²) in [6, 6.07) is 4.81. The van der Waals surface area contributed by atoms with Crippen LogP contribution in [0.25, 0.3) is 0 Å². The summed E-state index contributed by atoms with van der Waals surface area (Å²) < 4.78 is 83.0. The highest BCUT2D eigenvalue weighted by Crippen LogP contribution is 2.33. The van der Waals surface area contributed by atoms with Crippen LogP contribution in [-0.2, 0) is 33.8 Å². The van der Waals surface area contributed by atoms with Crippen LogP contribution in [0.4, 0.5) is 10.1 Å². The number of benzene rings is 2. The highest BCUT2D eigenvalue weighted by molar-refractivity contribution is 6.06. The number of morpholine rings is 1. The molecule has 202 valence electrons. The molecule has 3 heterocycles. The minimum Gasteiger partial charge on any atom is -0.381 e. The van der Waals surface area contributed by atoms with Gasteiger partial charge in [-0.05, 0) is 57.9 Å². The van der Waals surface area contributed by atoms with Crippen LogP contribution in [-0.4, -0.2) is 57.8 Å². The van der Waals surface area contributed by atoms with E-state index < -0.39 is 72.2 Å². The van der Waals surface area contributed by atoms with Crippen molar-refractivity contribution in [2.24, 2.45) is 0 Å². The molecule has 1 atom stereocenters. The molecule has 0 aliphatic carbocycles. The standard InChI is InChI=1S/C29H35FN4O4/c1-28(2)16-33(17-29(3,4)38-28)14-18-8-9-19(22(30)12-18)13-31-23-7-5-6-20-21(23)15-34(27(20)37)24-10-11-25(35)32-26(24)36/h5-9,12,24,31H,10-11,13-17H2,1-4H3,(H,32,35,36)/i13D2,14D2,15D2,24D. The first kappa shape index (κ1) is 18.9. The van der Waals surface area contributed by atoms with Gasteiger partial charge in [0.1, 0.15) is 11.8 Å². The zero-order valence-corrected chi connectivity index (χ0v) is 21.7. The predicted molar refractivity (Wildman–Crippen MR) is 141 cm³/mol. The van der Waals surface area contributed by atoms with Crippen molar-refractivity contribution >= 4 is 23.4 Å². The summed E-state index contributed by atoms with van der Waals surface area (Å²) >= 11 is 0. The van der Waals surface area contributed by atoms with Crippen LogP contribution in [0.2, 0.25) is 0 Å². The number of piperidine rings is 1. The first-order valence-corrected chi connectivity index (χ1v) is 12.4. The van der Waals surface area contributed by atoms with Gasteiger partial charge in [0.25, 0.3) is 5.91 Å². The smallest absolute Gasteiger partial charge is 0.255 e. The molecule has 0 spiro atoms. The largest absolute Gasteiger partial charge is 0.381 e. The van der Waals surface area contributed by atoms with Gasteiger partial charge in [0.2, 0.25) is 11.8 Å². The molecule has 2 N–H and O–H groups in total. The molecule has 0 bridgehead atoms. The number of fused-ring (bicyclic) bond motifs is 1. The van der Waals surface area contributed by atoms with Crippen LogP contribution in [0.15, 0.2) is 36.4 Å². The number of carbonyl (C=O) groups is 3. The van der Waals surface area contributed by atoms with E-state index in [-0.39, 0.29) is 41.9 Å². The Balaban J connectivity index is 1.46. The Bertz CT molecular complexity index is 1590. The number of anilines is 1. The van der Waals surface area contributed by atoms with Gasteiger partial charge < -0.3 is 15.0 Å². The summed E-state index contributed by atoms with van der Waals surface area (Å²) in [5, 5.41) is 4.46. The van der Waals surface area contributed by atoms with E-state index in [9.17, 15) is 14.4 Å². The van der Waals surface area contributed by atoms with E-state index in [2.05, 4.69) is 5.32 Å². The Morgan fingerprint density at radius 2 is 1.92 bits per heavy atom. The number of carbonyl (C=O) groups excluding carboxylic acids is 3. The van der Waals surface area contributed by atoms with E-state index >= 15 is 4.39 Å². The topological polar surface area (TPSA) is 91.0 Å². The first-order chi connectivity index (χ1) is 20.5. The number of nitrogens with one attached hydrogen (secondary N) is 2. The average Bonchev–Trinajstić information content (AvgIpc) is 3.10. The van der Waals surface area contributed by atoms with Crippen LogP contribution >= 0.6 is 0 Å². The number of imide groups is 1. The van der Waals surface area contributed by atoms with Crippen LogP contribution in [0.1, 0.15) is 77.2 Å². The van der Waals surface area contributed by atoms with E-state index in [0.29, 0.717) is 4.90 Å². The molecule has 2 saturated heterocycles. The Labute approximate surface area is 232 Å². The molecule has 0 radical (unpaired) electrons. The molecule has 1 unspecified atom stereocenters. The minimum atomic E-state index is -2.79. The van der Waals surface area contributed by atoms with Gasteiger partial charge in [-0.25, -0.2) is 4.39 Å². The predicted octanol–water partition coefficient (Wildman–Crippen LogP) is 3.59. The average molecular weight is 530 g/mol. The maximum absolute atomic E-state index is 15.6. The lowest BCUT2D eigenvalue weighted by Gasteiger charge is -2.47. The molecule has 3 aliphatic rings. The molecule has 3 aliphatic heterocycles. The summed E-state index contributed by atoms with van der Waals surface area (Å²) in [6.45, 7) is 0.205. The maximum atomic E-state index is 15.6. The van der Waals surface area contributed by atoms with Crippen molar-refractivity contribution in [2.45, 2.75) is 77.2 Å². The second-order valence-electron chi connectivity index (χ2n) is 10.8. The van der Waals surface area contributed by atoms with E-state index in [0.717, 1.165) is 12.1 Å². The summed E-state index contributed by atoms with van der Waals surface area (Å²) in [5.41, 5.74) is -2.67. The molecular weight excluding hydrogens is 487 g/mol. The summed E-state index contributed by atoms with van der Waals surface area (Å²) in [5.74, 6) is -3.85. The molecule has 3 amide bonds. The molecule has 2 aromatic rings. The maximum Gasteiger partial charge on any atom is 0.255 e. The van der Waals surface area contributed by atoms with Crippen molar-refractivity contribution in [1.82, 2.24) is 15.1 Å². The summed E-state index contributed by atoms with van der Waals surface area (Å²) in [6.07, 6.45) is -0.724. The van der Waals surface area contributed by atoms with Gasteiger partial charge in [-0.2, -0.15) is 0 Å². The van der Waals surface area contributed by atoms with Crippen LogP contribution in [0.3, 0.4) is 0 Å². The third kappa shape index (κ3) is 5.44. The summed E-state index contributed by atoms with van der Waals surface area (Å²) in [7, 11) is 0. The zero-order valence-electron chi connectivity index (χ0n) is 28.7. The van der Waals surface area contributed by atoms with Crippen molar-refractivity contribution in [3.8, 4) is 0 Å². The van der Waals surface area contributed by atoms with Crippen LogP contribution in [0, 0.1) is 5.82 Å². The highest BCUT2D eigenvalue weighted by atomic mass is 19.1. The molecule has 2 fully saturated rings. The number of amides is 3. The van der Waals surface area contributed by atoms with Crippen LogP contribution in [0.5, 0.6) is 0 Å². The second-order valence-corrected chi connectivity index (χ2v) is 10.8. The van der Waals surface area contributed by atoms with Gasteiger partial charge in [0.05, 0.1) is 18.1 Å². The zero-order chi connectivity index (χ0) is 33.5. The quantitative estimate of drug-likeness (QED) is 0.556. The Morgan fingerprint density at radius 3 is 2.61 bits per heavy atom. The SMILES string of the molecule is [2H]C([2H])(Nc1cccc2c1C([2H])([2H])N(C1([2H])CCC(=O)NC1=O)C2=O)c1ccc(C([2H])([2H])N2CC(C)(C)OC(C)(C)C2)cc1F.